The van der Waals surface area contributed by atoms with Crippen molar-refractivity contribution in [3.05, 3.63) is 7.43 Å². The molecule has 0 fully saturated rings. The van der Waals surface area contributed by atoms with E-state index in [0.29, 0.717) is 0 Å². The Morgan fingerprint density at radius 2 is 0.375 bits per heavy atom. The van der Waals surface area contributed by atoms with E-state index in [1.165, 1.54) is 0 Å². The van der Waals surface area contributed by atoms with Crippen molar-refractivity contribution < 1.29 is 138 Å². The summed E-state index contributed by atoms with van der Waals surface area (Å²) in [6.07, 6.45) is 0. The Kier molecular flexibility index (Phi) is 3110. The molecule has 0 heterocycles. The summed E-state index contributed by atoms with van der Waals surface area (Å²) in [6, 6.07) is 0. The van der Waals surface area contributed by atoms with Gasteiger partial charge in [-0.1, -0.05) is 40.5 Å². The normalized spacial score (nSPS) is 0. The van der Waals surface area contributed by atoms with E-state index in [0.717, 1.165) is 0 Å². The van der Waals surface area contributed by atoms with Gasteiger partial charge in [-0.25, -0.2) is 0 Å². The van der Waals surface area contributed by atoms with Gasteiger partial charge in [-0.05, 0) is 0 Å². The Labute approximate surface area is 235 Å². The first-order chi connectivity index (χ1) is 0. The fourth-order valence-corrected chi connectivity index (χ4v) is 0. The molecule has 0 unspecified atom stereocenters. The summed E-state index contributed by atoms with van der Waals surface area (Å²) in [5, 5.41) is 0. The van der Waals surface area contributed by atoms with E-state index in [4.69, 9.17) is 0 Å². The number of hydrogen-bond acceptors (Lipinski definition) is 4. The van der Waals surface area contributed by atoms with E-state index >= 15 is 0 Å². The Hall–Kier alpha value is 6.67. The first-order valence-corrected chi connectivity index (χ1v) is 0. The quantitative estimate of drug-likeness (QED) is 0.0870. The van der Waals surface area contributed by atoms with Crippen LogP contribution < -0.4 is 0 Å². The van der Waals surface area contributed by atoms with Crippen molar-refractivity contribution in [2.24, 2.45) is 0 Å². The zero-order valence-corrected chi connectivity index (χ0v) is 23.6. The van der Waals surface area contributed by atoms with E-state index in [2.05, 4.69) is 0 Å². The van der Waals surface area contributed by atoms with Gasteiger partial charge in [0, 0.05) is 121 Å². The minimum atomic E-state index is 0. The van der Waals surface area contributed by atoms with Crippen molar-refractivity contribution in [2.45, 2.75) is 0 Å². The largest absolute Gasteiger partial charge is 2.00 e. The van der Waals surface area contributed by atoms with Crippen molar-refractivity contribution in [1.82, 2.24) is 0 Å². The molecule has 1 radical (unpaired) electrons. The first kappa shape index (κ1) is 239. The van der Waals surface area contributed by atoms with E-state index in [-0.39, 0.29) is 240 Å². The molecule has 0 spiro atoms. The van der Waals surface area contributed by atoms with Crippen LogP contribution in [0.4, 0.5) is 0 Å². The van der Waals surface area contributed by atoms with E-state index in [1.807, 2.05) is 0 Å². The zero-order valence-electron chi connectivity index (χ0n) is 7.44. The summed E-state index contributed by atoms with van der Waals surface area (Å²) in [4.78, 5) is 0. The summed E-state index contributed by atoms with van der Waals surface area (Å²) in [5.41, 5.74) is 0. The van der Waals surface area contributed by atoms with Gasteiger partial charge in [-0.15, -0.1) is 0 Å². The molecule has 0 rings (SSSR count). The van der Waals surface area contributed by atoms with Crippen LogP contribution in [0, 0.1) is 7.43 Å². The smallest absolute Gasteiger partial charge is 0.813 e. The average Bonchev–Trinajstić information content (AvgIpc) is 0. The van der Waals surface area contributed by atoms with Gasteiger partial charge in [-0.3, -0.25) is 0 Å². The molecule has 0 aromatic carbocycles. The van der Waals surface area contributed by atoms with Crippen LogP contribution in [0.5, 0.6) is 0 Å². The van der Waals surface area contributed by atoms with Crippen LogP contribution >= 0.6 is 0 Å². The predicted octanol–water partition coefficient (Wildman–Crippen LogP) is -3.07. The van der Waals surface area contributed by atoms with Gasteiger partial charge in [-0.2, -0.15) is 0 Å². The molecule has 0 bridgehead atoms. The molecule has 0 amide bonds. The molecule has 15 heteroatoms. The molecular formula is CH16Fe7S7V. The molecule has 0 aliphatic rings. The fourth-order valence-electron chi connectivity index (χ4n) is 0. The Morgan fingerprint density at radius 3 is 0.375 bits per heavy atom. The second kappa shape index (κ2) is 208. The third-order valence-electron chi connectivity index (χ3n) is 0. The molecule has 16 heavy (non-hydrogen) atoms. The maximum Gasteiger partial charge on any atom is 2.00 e. The van der Waals surface area contributed by atoms with Crippen molar-refractivity contribution in [2.75, 3.05) is 0 Å². The number of rotatable bonds is 0. The van der Waals surface area contributed by atoms with Crippen LogP contribution in [-0.2, 0) is 233 Å². The summed E-state index contributed by atoms with van der Waals surface area (Å²) in [6.45, 7) is 0. The molecule has 0 saturated carbocycles. The standard InChI is InChI=1S/CH3.7Fe.7H2S.V/h1H3;;;;;;;;7*1H2;/q-1;;;;;;;+2;;;;;;;;/p-1. The molecule has 0 aliphatic carbocycles. The van der Waals surface area contributed by atoms with Crippen LogP contribution in [-0.4, -0.2) is 0 Å². The van der Waals surface area contributed by atoms with Crippen molar-refractivity contribution in [3.63, 3.8) is 0 Å². The van der Waals surface area contributed by atoms with Crippen molar-refractivity contribution >= 4 is 94.5 Å². The van der Waals surface area contributed by atoms with Crippen molar-refractivity contribution in [1.29, 1.82) is 0 Å². The molecule has 123 valence electrons. The van der Waals surface area contributed by atoms with Crippen LogP contribution in [0.2, 0.25) is 0 Å². The van der Waals surface area contributed by atoms with Gasteiger partial charge in [0.15, 0.2) is 0 Å². The van der Waals surface area contributed by atoms with E-state index < -0.39 is 0 Å². The predicted molar refractivity (Wildman–Crippen MR) is 76.1 cm³/mol. The van der Waals surface area contributed by atoms with E-state index in [9.17, 15) is 0 Å². The molecule has 0 nitrogen and oxygen atoms in total. The second-order valence-corrected chi connectivity index (χ2v) is 0. The fraction of sp³-hybridized carbons (Fsp3) is 0. The molecule has 0 N–H and O–H groups in total. The molecular weight excluding hydrogens is 678 g/mol. The number of hydrogen-bond donors (Lipinski definition) is 0. The van der Waals surface area contributed by atoms with E-state index in [1.54, 1.807) is 0 Å². The molecule has 0 aromatic heterocycles. The molecule has 0 saturated heterocycles. The number of thiol groups is 4. The van der Waals surface area contributed by atoms with Gasteiger partial charge in [0.05, 0.1) is 0 Å². The van der Waals surface area contributed by atoms with Crippen LogP contribution in [0.25, 0.3) is 0 Å². The van der Waals surface area contributed by atoms with Crippen LogP contribution in [0.1, 0.15) is 0 Å². The summed E-state index contributed by atoms with van der Waals surface area (Å²) in [7, 11) is 0. The maximum absolute atomic E-state index is 0. The monoisotopic (exact) mass is 694 g/mol. The molecule has 0 aromatic rings. The SMILES string of the molecule is [CH3-].[Fe+2].[Fe].[Fe].[Fe].[Fe].[Fe].[Fe].[SH-].[SH-].[SH-].[SH-].[SH3+].[SH3+].[SH3+].[V]. The third-order valence-corrected chi connectivity index (χ3v) is 0. The minimum absolute atomic E-state index is 0. The van der Waals surface area contributed by atoms with Crippen LogP contribution in [0.3, 0.4) is 0 Å². The van der Waals surface area contributed by atoms with Gasteiger partial charge < -0.3 is 61.4 Å². The average molecular weight is 694 g/mol. The zero-order chi connectivity index (χ0) is 0. The summed E-state index contributed by atoms with van der Waals surface area (Å²) < 4.78 is 0. The topological polar surface area (TPSA) is 0 Å². The van der Waals surface area contributed by atoms with Gasteiger partial charge >= 0.3 is 17.1 Å². The molecule has 0 aliphatic heterocycles. The van der Waals surface area contributed by atoms with Crippen molar-refractivity contribution in [3.8, 4) is 0 Å². The summed E-state index contributed by atoms with van der Waals surface area (Å²) >= 11 is 0. The van der Waals surface area contributed by atoms with Gasteiger partial charge in [0.25, 0.3) is 0 Å². The Bertz CT molecular complexity index is 24.7. The molecule has 0 atom stereocenters. The Balaban J connectivity index is 0. The minimum Gasteiger partial charge on any atom is -0.813 e. The van der Waals surface area contributed by atoms with Gasteiger partial charge in [0.2, 0.25) is 0 Å². The third kappa shape index (κ3) is 180. The maximum atomic E-state index is 0. The van der Waals surface area contributed by atoms with Gasteiger partial charge in [0.1, 0.15) is 0 Å². The second-order valence-electron chi connectivity index (χ2n) is 0. The summed E-state index contributed by atoms with van der Waals surface area (Å²) in [5.74, 6) is 0. The Morgan fingerprint density at radius 1 is 0.375 bits per heavy atom. The first-order valence-electron chi connectivity index (χ1n) is 0. The van der Waals surface area contributed by atoms with Crippen LogP contribution in [0.15, 0.2) is 0 Å².